The molecule has 0 rings (SSSR count). The van der Waals surface area contributed by atoms with Crippen molar-refractivity contribution in [3.8, 4) is 0 Å². The lowest BCUT2D eigenvalue weighted by Gasteiger charge is -1.89. The first-order chi connectivity index (χ1) is 9.83. The number of rotatable bonds is 4. The number of aliphatic hydroxyl groups excluding tert-OH is 4. The average molecular weight is 332 g/mol. The lowest BCUT2D eigenvalue weighted by molar-refractivity contribution is -0.146. The van der Waals surface area contributed by atoms with Crippen LogP contribution in [0.4, 0.5) is 0 Å². The van der Waals surface area contributed by atoms with E-state index in [0.29, 0.717) is 0 Å². The van der Waals surface area contributed by atoms with E-state index in [9.17, 15) is 9.59 Å². The fourth-order valence-corrected chi connectivity index (χ4v) is 0. The van der Waals surface area contributed by atoms with Crippen molar-refractivity contribution in [2.24, 2.45) is 0 Å². The van der Waals surface area contributed by atoms with E-state index in [0.717, 1.165) is 0 Å². The fourth-order valence-electron chi connectivity index (χ4n) is 0. The molecule has 0 fully saturated rings. The third kappa shape index (κ3) is 52.4. The number of carboxylic acid groups (broad SMARTS) is 4. The van der Waals surface area contributed by atoms with Crippen LogP contribution in [0.15, 0.2) is 0 Å². The van der Waals surface area contributed by atoms with Gasteiger partial charge >= 0.3 is 23.9 Å². The molecular formula is C10H20O12. The Morgan fingerprint density at radius 2 is 0.773 bits per heavy atom. The molecular weight excluding hydrogens is 312 g/mol. The molecule has 0 spiro atoms. The number of hydrogen-bond donors (Lipinski definition) is 8. The van der Waals surface area contributed by atoms with Crippen LogP contribution in [0.5, 0.6) is 0 Å². The van der Waals surface area contributed by atoms with Gasteiger partial charge in [-0.3, -0.25) is 0 Å². The monoisotopic (exact) mass is 332 g/mol. The summed E-state index contributed by atoms with van der Waals surface area (Å²) in [6, 6.07) is 0. The van der Waals surface area contributed by atoms with Gasteiger partial charge in [0.15, 0.2) is 0 Å². The van der Waals surface area contributed by atoms with Crippen LogP contribution < -0.4 is 0 Å². The first kappa shape index (κ1) is 28.0. The van der Waals surface area contributed by atoms with Crippen LogP contribution in [0.3, 0.4) is 0 Å². The van der Waals surface area contributed by atoms with Gasteiger partial charge in [0.05, 0.1) is 0 Å². The van der Waals surface area contributed by atoms with E-state index in [1.54, 1.807) is 0 Å². The van der Waals surface area contributed by atoms with Crippen molar-refractivity contribution in [3.05, 3.63) is 0 Å². The molecule has 0 saturated carbocycles. The average Bonchev–Trinajstić information content (AvgIpc) is 2.40. The summed E-state index contributed by atoms with van der Waals surface area (Å²) >= 11 is 0. The van der Waals surface area contributed by atoms with Gasteiger partial charge in [0.1, 0.15) is 25.4 Å². The Morgan fingerprint density at radius 1 is 0.682 bits per heavy atom. The second kappa shape index (κ2) is 18.7. The molecule has 132 valence electrons. The lowest BCUT2D eigenvalue weighted by Crippen LogP contribution is -2.13. The molecule has 2 atom stereocenters. The van der Waals surface area contributed by atoms with E-state index < -0.39 is 49.3 Å². The Hall–Kier alpha value is -2.28. The molecule has 0 aliphatic rings. The van der Waals surface area contributed by atoms with Gasteiger partial charge in [-0.1, -0.05) is 0 Å². The second-order valence-corrected chi connectivity index (χ2v) is 3.13. The molecule has 12 heteroatoms. The van der Waals surface area contributed by atoms with Crippen LogP contribution >= 0.6 is 0 Å². The summed E-state index contributed by atoms with van der Waals surface area (Å²) in [5.41, 5.74) is 0. The molecule has 0 aromatic carbocycles. The maximum atomic E-state index is 9.45. The van der Waals surface area contributed by atoms with Gasteiger partial charge in [0.2, 0.25) is 0 Å². The molecule has 0 aliphatic heterocycles. The topological polar surface area (TPSA) is 230 Å². The van der Waals surface area contributed by atoms with Crippen molar-refractivity contribution in [1.82, 2.24) is 0 Å². The molecule has 12 nitrogen and oxygen atoms in total. The summed E-state index contributed by atoms with van der Waals surface area (Å²) in [5, 5.41) is 61.6. The first-order valence-electron chi connectivity index (χ1n) is 5.30. The van der Waals surface area contributed by atoms with Crippen molar-refractivity contribution in [2.75, 3.05) is 13.2 Å². The Bertz CT molecular complexity index is 290. The maximum Gasteiger partial charge on any atom is 0.332 e. The minimum absolute atomic E-state index is 0.778. The molecule has 8 N–H and O–H groups in total. The molecule has 0 bridgehead atoms. The van der Waals surface area contributed by atoms with Crippen LogP contribution in [0.1, 0.15) is 13.8 Å². The van der Waals surface area contributed by atoms with Crippen LogP contribution in [-0.4, -0.2) is 90.2 Å². The predicted molar refractivity (Wildman–Crippen MR) is 68.1 cm³/mol. The number of carbonyl (C=O) groups is 4. The Balaban J connectivity index is -0.0000000986. The minimum Gasteiger partial charge on any atom is -0.480 e. The van der Waals surface area contributed by atoms with Gasteiger partial charge in [-0.25, -0.2) is 19.2 Å². The van der Waals surface area contributed by atoms with E-state index in [4.69, 9.17) is 50.4 Å². The zero-order valence-electron chi connectivity index (χ0n) is 11.8. The second-order valence-electron chi connectivity index (χ2n) is 3.13. The van der Waals surface area contributed by atoms with Crippen LogP contribution in [-0.2, 0) is 19.2 Å². The summed E-state index contributed by atoms with van der Waals surface area (Å²) in [4.78, 5) is 37.1. The highest BCUT2D eigenvalue weighted by molar-refractivity contribution is 5.71. The summed E-state index contributed by atoms with van der Waals surface area (Å²) < 4.78 is 0. The van der Waals surface area contributed by atoms with Crippen molar-refractivity contribution >= 4 is 23.9 Å². The molecule has 0 aromatic rings. The fraction of sp³-hybridized carbons (Fsp3) is 0.600. The molecule has 0 heterocycles. The largest absolute Gasteiger partial charge is 0.480 e. The van der Waals surface area contributed by atoms with Crippen molar-refractivity contribution in [3.63, 3.8) is 0 Å². The van der Waals surface area contributed by atoms with Crippen molar-refractivity contribution in [2.45, 2.75) is 26.1 Å². The number of aliphatic carboxylic acids is 4. The Kier molecular flexibility index (Phi) is 23.8. The third-order valence-corrected chi connectivity index (χ3v) is 0.985. The maximum absolute atomic E-state index is 9.45. The summed E-state index contributed by atoms with van der Waals surface area (Å²) in [5.74, 6) is -4.75. The van der Waals surface area contributed by atoms with Crippen molar-refractivity contribution in [1.29, 1.82) is 0 Å². The van der Waals surface area contributed by atoms with E-state index in [1.807, 2.05) is 0 Å². The SMILES string of the molecule is CC(O)C(=O)O.CC(O)C(=O)O.O=C(O)CO.O=C(O)CO. The predicted octanol–water partition coefficient (Wildman–Crippen LogP) is -2.97. The highest BCUT2D eigenvalue weighted by atomic mass is 16.4. The summed E-state index contributed by atoms with van der Waals surface area (Å²) in [6.07, 6.45) is -2.46. The van der Waals surface area contributed by atoms with E-state index in [2.05, 4.69) is 0 Å². The van der Waals surface area contributed by atoms with Gasteiger partial charge in [0.25, 0.3) is 0 Å². The molecule has 0 radical (unpaired) electrons. The summed E-state index contributed by atoms with van der Waals surface area (Å²) in [7, 11) is 0. The quantitative estimate of drug-likeness (QED) is 0.258. The Morgan fingerprint density at radius 3 is 0.773 bits per heavy atom. The van der Waals surface area contributed by atoms with Gasteiger partial charge in [0, 0.05) is 0 Å². The first-order valence-corrected chi connectivity index (χ1v) is 5.30. The van der Waals surface area contributed by atoms with Gasteiger partial charge in [-0.15, -0.1) is 0 Å². The molecule has 0 saturated heterocycles. The van der Waals surface area contributed by atoms with Gasteiger partial charge < -0.3 is 40.9 Å². The van der Waals surface area contributed by atoms with E-state index in [1.165, 1.54) is 13.8 Å². The van der Waals surface area contributed by atoms with Crippen molar-refractivity contribution < 1.29 is 60.0 Å². The van der Waals surface area contributed by atoms with Gasteiger partial charge in [-0.2, -0.15) is 0 Å². The van der Waals surface area contributed by atoms with Crippen LogP contribution in [0, 0.1) is 0 Å². The number of hydrogen-bond acceptors (Lipinski definition) is 8. The summed E-state index contributed by atoms with van der Waals surface area (Å²) in [6.45, 7) is 0.838. The highest BCUT2D eigenvalue weighted by Gasteiger charge is 2.02. The zero-order valence-corrected chi connectivity index (χ0v) is 11.8. The highest BCUT2D eigenvalue weighted by Crippen LogP contribution is 1.73. The molecule has 22 heavy (non-hydrogen) atoms. The Labute approximate surface area is 124 Å². The molecule has 0 aromatic heterocycles. The number of carboxylic acids is 4. The molecule has 0 amide bonds. The van der Waals surface area contributed by atoms with E-state index in [-0.39, 0.29) is 0 Å². The van der Waals surface area contributed by atoms with Gasteiger partial charge in [-0.05, 0) is 13.8 Å². The zero-order chi connectivity index (χ0) is 18.9. The molecule has 2 unspecified atom stereocenters. The van der Waals surface area contributed by atoms with Crippen LogP contribution in [0.25, 0.3) is 0 Å². The number of aliphatic hydroxyl groups is 4. The normalized spacial score (nSPS) is 10.8. The smallest absolute Gasteiger partial charge is 0.332 e. The standard InChI is InChI=1S/2C3H6O3.2C2H4O3/c2*1-2(4)3(5)6;2*3-1-2(4)5/h2*2,4H,1H3,(H,5,6);2*3H,1H2,(H,4,5). The van der Waals surface area contributed by atoms with E-state index >= 15 is 0 Å². The third-order valence-electron chi connectivity index (χ3n) is 0.985. The lowest BCUT2D eigenvalue weighted by atomic mass is 10.4. The molecule has 0 aliphatic carbocycles. The van der Waals surface area contributed by atoms with Crippen LogP contribution in [0.2, 0.25) is 0 Å². The minimum atomic E-state index is -1.23.